The van der Waals surface area contributed by atoms with Crippen LogP contribution < -0.4 is 21.1 Å². The summed E-state index contributed by atoms with van der Waals surface area (Å²) < 4.78 is 5.60. The van der Waals surface area contributed by atoms with Crippen molar-refractivity contribution >= 4 is 28.7 Å². The minimum absolute atomic E-state index is 0.132. The molecule has 3 rings (SSSR count). The van der Waals surface area contributed by atoms with Crippen molar-refractivity contribution in [3.8, 4) is 5.75 Å². The molecule has 20 heavy (non-hydrogen) atoms. The van der Waals surface area contributed by atoms with Crippen molar-refractivity contribution in [3.05, 3.63) is 42.5 Å². The second-order valence-corrected chi connectivity index (χ2v) is 4.75. The van der Waals surface area contributed by atoms with E-state index in [0.717, 1.165) is 5.69 Å². The summed E-state index contributed by atoms with van der Waals surface area (Å²) >= 11 is 0. The van der Waals surface area contributed by atoms with Crippen LogP contribution in [0.4, 0.5) is 22.7 Å². The molecule has 5 nitrogen and oxygen atoms in total. The van der Waals surface area contributed by atoms with E-state index in [1.807, 2.05) is 0 Å². The van der Waals surface area contributed by atoms with Crippen LogP contribution in [-0.4, -0.2) is 12.0 Å². The second kappa shape index (κ2) is 4.45. The lowest BCUT2D eigenvalue weighted by Gasteiger charge is -2.33. The van der Waals surface area contributed by atoms with Gasteiger partial charge in [0, 0.05) is 17.1 Å². The molecule has 0 aliphatic carbocycles. The fourth-order valence-electron chi connectivity index (χ4n) is 2.24. The normalized spacial score (nSPS) is 17.6. The van der Waals surface area contributed by atoms with Gasteiger partial charge in [-0.15, -0.1) is 0 Å². The summed E-state index contributed by atoms with van der Waals surface area (Å²) in [6, 6.07) is 12.4. The van der Waals surface area contributed by atoms with E-state index in [2.05, 4.69) is 0 Å². The number of amides is 1. The third kappa shape index (κ3) is 1.93. The van der Waals surface area contributed by atoms with Gasteiger partial charge in [0.1, 0.15) is 5.75 Å². The Morgan fingerprint density at radius 3 is 2.40 bits per heavy atom. The first-order valence-corrected chi connectivity index (χ1v) is 6.32. The molecule has 1 unspecified atom stereocenters. The largest absolute Gasteiger partial charge is 0.479 e. The lowest BCUT2D eigenvalue weighted by atomic mass is 10.1. The van der Waals surface area contributed by atoms with Crippen molar-refractivity contribution in [2.75, 3.05) is 16.4 Å². The van der Waals surface area contributed by atoms with Gasteiger partial charge in [0.2, 0.25) is 0 Å². The molecule has 1 amide bonds. The molecule has 0 radical (unpaired) electrons. The number of nitrogen functional groups attached to an aromatic ring is 2. The molecule has 4 N–H and O–H groups in total. The van der Waals surface area contributed by atoms with Crippen LogP contribution in [0.1, 0.15) is 6.92 Å². The predicted octanol–water partition coefficient (Wildman–Crippen LogP) is 2.30. The fraction of sp³-hybridized carbons (Fsp3) is 0.133. The standard InChI is InChI=1S/C15H15N3O2/c1-9-15(19)18(12-5-2-10(16)3-6-12)13-8-11(17)4-7-14(13)20-9/h2-9H,16-17H2,1H3. The Labute approximate surface area is 116 Å². The molecular formula is C15H15N3O2. The van der Waals surface area contributed by atoms with Crippen LogP contribution in [0.3, 0.4) is 0 Å². The van der Waals surface area contributed by atoms with Crippen LogP contribution in [0.5, 0.6) is 5.75 Å². The van der Waals surface area contributed by atoms with Crippen molar-refractivity contribution in [2.24, 2.45) is 0 Å². The summed E-state index contributed by atoms with van der Waals surface area (Å²) in [7, 11) is 0. The van der Waals surface area contributed by atoms with Gasteiger partial charge in [-0.3, -0.25) is 9.69 Å². The van der Waals surface area contributed by atoms with Crippen molar-refractivity contribution in [2.45, 2.75) is 13.0 Å². The Morgan fingerprint density at radius 1 is 1.05 bits per heavy atom. The van der Waals surface area contributed by atoms with Crippen molar-refractivity contribution < 1.29 is 9.53 Å². The monoisotopic (exact) mass is 269 g/mol. The average Bonchev–Trinajstić information content (AvgIpc) is 2.42. The molecule has 0 saturated heterocycles. The van der Waals surface area contributed by atoms with Gasteiger partial charge in [-0.25, -0.2) is 0 Å². The van der Waals surface area contributed by atoms with E-state index < -0.39 is 6.10 Å². The van der Waals surface area contributed by atoms with Gasteiger partial charge in [-0.2, -0.15) is 0 Å². The number of fused-ring (bicyclic) bond motifs is 1. The number of anilines is 4. The van der Waals surface area contributed by atoms with Gasteiger partial charge in [-0.1, -0.05) is 0 Å². The summed E-state index contributed by atoms with van der Waals surface area (Å²) in [4.78, 5) is 14.0. The number of carbonyl (C=O) groups is 1. The minimum Gasteiger partial charge on any atom is -0.479 e. The molecule has 0 bridgehead atoms. The van der Waals surface area contributed by atoms with E-state index >= 15 is 0 Å². The zero-order valence-electron chi connectivity index (χ0n) is 11.0. The number of benzene rings is 2. The average molecular weight is 269 g/mol. The van der Waals surface area contributed by atoms with Crippen molar-refractivity contribution in [1.29, 1.82) is 0 Å². The SMILES string of the molecule is CC1Oc2ccc(N)cc2N(c2ccc(N)cc2)C1=O. The number of hydrogen-bond donors (Lipinski definition) is 2. The van der Waals surface area contributed by atoms with Crippen LogP contribution in [-0.2, 0) is 4.79 Å². The van der Waals surface area contributed by atoms with Gasteiger partial charge < -0.3 is 16.2 Å². The summed E-state index contributed by atoms with van der Waals surface area (Å²) in [5.74, 6) is 0.510. The summed E-state index contributed by atoms with van der Waals surface area (Å²) in [6.45, 7) is 1.73. The van der Waals surface area contributed by atoms with E-state index in [4.69, 9.17) is 16.2 Å². The third-order valence-electron chi connectivity index (χ3n) is 3.25. The van der Waals surface area contributed by atoms with Gasteiger partial charge in [0.05, 0.1) is 5.69 Å². The maximum absolute atomic E-state index is 12.4. The molecule has 1 heterocycles. The van der Waals surface area contributed by atoms with Crippen LogP contribution >= 0.6 is 0 Å². The van der Waals surface area contributed by atoms with Gasteiger partial charge in [-0.05, 0) is 49.4 Å². The van der Waals surface area contributed by atoms with Crippen molar-refractivity contribution in [1.82, 2.24) is 0 Å². The summed E-state index contributed by atoms with van der Waals surface area (Å²) in [5, 5.41) is 0. The minimum atomic E-state index is -0.538. The maximum atomic E-state index is 12.4. The molecule has 2 aromatic rings. The number of nitrogens with two attached hydrogens (primary N) is 2. The fourth-order valence-corrected chi connectivity index (χ4v) is 2.24. The van der Waals surface area contributed by atoms with E-state index in [9.17, 15) is 4.79 Å². The molecule has 5 heteroatoms. The van der Waals surface area contributed by atoms with Crippen molar-refractivity contribution in [3.63, 3.8) is 0 Å². The smallest absolute Gasteiger partial charge is 0.272 e. The molecule has 102 valence electrons. The lowest BCUT2D eigenvalue weighted by molar-refractivity contribution is -0.124. The molecule has 1 atom stereocenters. The van der Waals surface area contributed by atoms with Crippen LogP contribution in [0.2, 0.25) is 0 Å². The van der Waals surface area contributed by atoms with E-state index in [-0.39, 0.29) is 5.91 Å². The highest BCUT2D eigenvalue weighted by Crippen LogP contribution is 2.40. The first-order valence-electron chi connectivity index (χ1n) is 6.32. The molecular weight excluding hydrogens is 254 g/mol. The molecule has 2 aromatic carbocycles. The zero-order chi connectivity index (χ0) is 14.3. The van der Waals surface area contributed by atoms with Gasteiger partial charge >= 0.3 is 0 Å². The maximum Gasteiger partial charge on any atom is 0.272 e. The molecule has 1 aliphatic heterocycles. The molecule has 0 fully saturated rings. The number of hydrogen-bond acceptors (Lipinski definition) is 4. The van der Waals surface area contributed by atoms with E-state index in [1.165, 1.54) is 0 Å². The Kier molecular flexibility index (Phi) is 2.75. The molecule has 0 saturated carbocycles. The first kappa shape index (κ1) is 12.3. The third-order valence-corrected chi connectivity index (χ3v) is 3.25. The van der Waals surface area contributed by atoms with Crippen LogP contribution in [0, 0.1) is 0 Å². The Balaban J connectivity index is 2.15. The van der Waals surface area contributed by atoms with E-state index in [0.29, 0.717) is 22.8 Å². The lowest BCUT2D eigenvalue weighted by Crippen LogP contribution is -2.41. The summed E-state index contributed by atoms with van der Waals surface area (Å²) in [5.41, 5.74) is 14.1. The number of nitrogens with zero attached hydrogens (tertiary/aromatic N) is 1. The van der Waals surface area contributed by atoms with Gasteiger partial charge in [0.25, 0.3) is 5.91 Å². The predicted molar refractivity (Wildman–Crippen MR) is 78.9 cm³/mol. The zero-order valence-corrected chi connectivity index (χ0v) is 11.0. The first-order chi connectivity index (χ1) is 9.56. The topological polar surface area (TPSA) is 81.6 Å². The number of ether oxygens (including phenoxy) is 1. The number of rotatable bonds is 1. The molecule has 0 aromatic heterocycles. The Bertz CT molecular complexity index is 667. The van der Waals surface area contributed by atoms with E-state index in [1.54, 1.807) is 54.3 Å². The second-order valence-electron chi connectivity index (χ2n) is 4.75. The number of carbonyl (C=O) groups excluding carboxylic acids is 1. The van der Waals surface area contributed by atoms with Crippen LogP contribution in [0.15, 0.2) is 42.5 Å². The quantitative estimate of drug-likeness (QED) is 0.778. The highest BCUT2D eigenvalue weighted by Gasteiger charge is 2.32. The molecule has 1 aliphatic rings. The molecule has 0 spiro atoms. The Hall–Kier alpha value is -2.69. The highest BCUT2D eigenvalue weighted by molar-refractivity contribution is 6.06. The van der Waals surface area contributed by atoms with Gasteiger partial charge in [0.15, 0.2) is 6.10 Å². The van der Waals surface area contributed by atoms with Crippen LogP contribution in [0.25, 0.3) is 0 Å². The highest BCUT2D eigenvalue weighted by atomic mass is 16.5. The Morgan fingerprint density at radius 2 is 1.70 bits per heavy atom. The summed E-state index contributed by atoms with van der Waals surface area (Å²) in [6.07, 6.45) is -0.538.